The van der Waals surface area contributed by atoms with Crippen LogP contribution in [-0.2, 0) is 37.4 Å². The fraction of sp³-hybridized carbons (Fsp3) is 0.269. The van der Waals surface area contributed by atoms with E-state index < -0.39 is 40.2 Å². The van der Waals surface area contributed by atoms with E-state index in [9.17, 15) is 31.2 Å². The van der Waals surface area contributed by atoms with Gasteiger partial charge in [0.2, 0.25) is 0 Å². The summed E-state index contributed by atoms with van der Waals surface area (Å²) in [5.74, 6) is -3.09. The number of esters is 1. The summed E-state index contributed by atoms with van der Waals surface area (Å²) in [6.07, 6.45) is -7.13. The molecule has 2 aromatic heterocycles. The molecule has 43 heavy (non-hydrogen) atoms. The number of nitrogens with two attached hydrogens (primary N) is 1. The first-order valence-corrected chi connectivity index (χ1v) is 15.1. The second-order valence-electron chi connectivity index (χ2n) is 9.25. The van der Waals surface area contributed by atoms with Crippen LogP contribution in [0.15, 0.2) is 58.8 Å². The van der Waals surface area contributed by atoms with Gasteiger partial charge in [0.1, 0.15) is 9.96 Å². The topological polar surface area (TPSA) is 155 Å². The summed E-state index contributed by atoms with van der Waals surface area (Å²) in [5.41, 5.74) is 7.41. The van der Waals surface area contributed by atoms with Crippen molar-refractivity contribution < 1.29 is 40.7 Å². The van der Waals surface area contributed by atoms with E-state index in [4.69, 9.17) is 22.1 Å². The highest BCUT2D eigenvalue weighted by molar-refractivity contribution is 7.94. The lowest BCUT2D eigenvalue weighted by Gasteiger charge is -2.21. The van der Waals surface area contributed by atoms with Gasteiger partial charge in [-0.05, 0) is 42.3 Å². The zero-order chi connectivity index (χ0) is 31.5. The maximum atomic E-state index is 13.0. The number of fused-ring (bicyclic) bond motifs is 1. The van der Waals surface area contributed by atoms with Crippen molar-refractivity contribution in [1.82, 2.24) is 15.1 Å². The Bertz CT molecular complexity index is 1760. The number of amides is 1. The molecular weight excluding hydrogens is 635 g/mol. The van der Waals surface area contributed by atoms with Gasteiger partial charge in [-0.25, -0.2) is 13.2 Å². The van der Waals surface area contributed by atoms with Crippen molar-refractivity contribution in [3.05, 3.63) is 70.1 Å². The van der Waals surface area contributed by atoms with Gasteiger partial charge in [-0.2, -0.15) is 18.3 Å². The summed E-state index contributed by atoms with van der Waals surface area (Å²) in [6.45, 7) is 1.30. The highest BCUT2D eigenvalue weighted by Gasteiger charge is 2.44. The number of anilines is 1. The molecule has 0 bridgehead atoms. The normalized spacial score (nSPS) is 13.4. The molecular formula is C26H25ClF3N5O6S2. The molecule has 0 aliphatic carbocycles. The molecule has 0 radical (unpaired) electrons. The van der Waals surface area contributed by atoms with Crippen molar-refractivity contribution in [3.63, 3.8) is 0 Å². The molecule has 0 aliphatic rings. The average Bonchev–Trinajstić information content (AvgIpc) is 3.53. The number of hydrogen-bond donors (Lipinski definition) is 3. The van der Waals surface area contributed by atoms with E-state index in [1.165, 1.54) is 26.2 Å². The lowest BCUT2D eigenvalue weighted by atomic mass is 10.1. The van der Waals surface area contributed by atoms with Crippen molar-refractivity contribution in [2.45, 2.75) is 42.5 Å². The number of sulfonamides is 1. The quantitative estimate of drug-likeness (QED) is 0.204. The van der Waals surface area contributed by atoms with Crippen LogP contribution in [0.1, 0.15) is 18.1 Å². The minimum atomic E-state index is -5.28. The summed E-state index contributed by atoms with van der Waals surface area (Å²) in [4.78, 5) is 23.7. The Hall–Kier alpha value is -3.86. The van der Waals surface area contributed by atoms with E-state index in [2.05, 4.69) is 19.9 Å². The van der Waals surface area contributed by atoms with Crippen LogP contribution in [0.5, 0.6) is 5.75 Å². The molecule has 0 fully saturated rings. The number of alkyl halides is 3. The van der Waals surface area contributed by atoms with Crippen LogP contribution in [0.25, 0.3) is 10.9 Å². The fourth-order valence-corrected chi connectivity index (χ4v) is 6.55. The molecule has 0 aliphatic heterocycles. The molecule has 230 valence electrons. The van der Waals surface area contributed by atoms with Crippen molar-refractivity contribution in [2.75, 3.05) is 11.8 Å². The number of methoxy groups -OCH3 is 1. The minimum absolute atomic E-state index is 0.00397. The van der Waals surface area contributed by atoms with Crippen LogP contribution >= 0.6 is 22.9 Å². The number of carbonyl (C=O) groups excluding carboxylic acids is 2. The zero-order valence-electron chi connectivity index (χ0n) is 22.5. The van der Waals surface area contributed by atoms with Crippen LogP contribution in [0.4, 0.5) is 19.0 Å². The second kappa shape index (κ2) is 12.8. The Kier molecular flexibility index (Phi) is 9.54. The third-order valence-electron chi connectivity index (χ3n) is 6.00. The third kappa shape index (κ3) is 7.57. The highest BCUT2D eigenvalue weighted by Crippen LogP contribution is 2.35. The number of carbonyl (C=O) groups is 2. The van der Waals surface area contributed by atoms with Crippen molar-refractivity contribution >= 4 is 61.6 Å². The molecule has 0 spiro atoms. The number of nitrogens with zero attached hydrogens (tertiary/aromatic N) is 2. The Labute approximate surface area is 252 Å². The maximum absolute atomic E-state index is 13.0. The monoisotopic (exact) mass is 659 g/mol. The first-order valence-electron chi connectivity index (χ1n) is 12.4. The van der Waals surface area contributed by atoms with Crippen LogP contribution in [-0.4, -0.2) is 55.5 Å². The van der Waals surface area contributed by atoms with Crippen LogP contribution in [0, 0.1) is 0 Å². The van der Waals surface area contributed by atoms with E-state index in [1.54, 1.807) is 47.1 Å². The van der Waals surface area contributed by atoms with Gasteiger partial charge in [-0.3, -0.25) is 14.2 Å². The Morgan fingerprint density at radius 1 is 1.14 bits per heavy atom. The molecule has 4 N–H and O–H groups in total. The number of rotatable bonds is 11. The molecule has 4 rings (SSSR count). The maximum Gasteiger partial charge on any atom is 0.490 e. The van der Waals surface area contributed by atoms with E-state index in [-0.39, 0.29) is 23.1 Å². The van der Waals surface area contributed by atoms with Crippen molar-refractivity contribution in [1.29, 1.82) is 0 Å². The van der Waals surface area contributed by atoms with Crippen LogP contribution in [0.3, 0.4) is 0 Å². The van der Waals surface area contributed by atoms with Gasteiger partial charge in [0, 0.05) is 12.6 Å². The number of thiophene rings is 1. The van der Waals surface area contributed by atoms with Gasteiger partial charge in [0.25, 0.3) is 15.9 Å². The van der Waals surface area contributed by atoms with E-state index in [1.807, 2.05) is 0 Å². The number of nitrogens with one attached hydrogen (secondary N) is 2. The van der Waals surface area contributed by atoms with Gasteiger partial charge in [0.05, 0.1) is 28.9 Å². The Balaban J connectivity index is 1.55. The predicted molar refractivity (Wildman–Crippen MR) is 153 cm³/mol. The molecule has 0 saturated heterocycles. The molecule has 4 aromatic rings. The minimum Gasteiger partial charge on any atom is -0.496 e. The lowest BCUT2D eigenvalue weighted by Crippen LogP contribution is -2.49. The molecule has 2 unspecified atom stereocenters. The van der Waals surface area contributed by atoms with Crippen LogP contribution < -0.4 is 20.5 Å². The second-order valence-corrected chi connectivity index (χ2v) is 12.9. The third-order valence-corrected chi connectivity index (χ3v) is 9.06. The summed E-state index contributed by atoms with van der Waals surface area (Å²) >= 11 is 6.81. The van der Waals surface area contributed by atoms with Gasteiger partial charge in [-0.1, -0.05) is 41.9 Å². The van der Waals surface area contributed by atoms with Gasteiger partial charge in [0.15, 0.2) is 11.9 Å². The summed E-state index contributed by atoms with van der Waals surface area (Å²) in [6, 6.07) is 13.6. The Morgan fingerprint density at radius 2 is 1.84 bits per heavy atom. The van der Waals surface area contributed by atoms with E-state index >= 15 is 0 Å². The molecule has 17 heteroatoms. The van der Waals surface area contributed by atoms with Gasteiger partial charge >= 0.3 is 12.1 Å². The number of hydrogen-bond acceptors (Lipinski definition) is 9. The smallest absolute Gasteiger partial charge is 0.490 e. The van der Waals surface area contributed by atoms with E-state index in [0.29, 0.717) is 32.1 Å². The summed E-state index contributed by atoms with van der Waals surface area (Å²) in [7, 11) is -2.56. The SMILES string of the molecule is COc1cccc2c1c(NS(=O)(=O)c1ccc(Cl)s1)nn2Cc1cccc(CNC(=O)C(OC(=O)C(F)(F)F)C(C)N)c1. The molecule has 0 saturated carbocycles. The largest absolute Gasteiger partial charge is 0.496 e. The van der Waals surface area contributed by atoms with Crippen molar-refractivity contribution in [3.8, 4) is 5.75 Å². The molecule has 2 heterocycles. The van der Waals surface area contributed by atoms with Crippen LogP contribution in [0.2, 0.25) is 4.34 Å². The summed E-state index contributed by atoms with van der Waals surface area (Å²) < 4.78 is 78.0. The van der Waals surface area contributed by atoms with Gasteiger partial charge < -0.3 is 20.5 Å². The first-order chi connectivity index (χ1) is 20.2. The predicted octanol–water partition coefficient (Wildman–Crippen LogP) is 4.05. The lowest BCUT2D eigenvalue weighted by molar-refractivity contribution is -0.206. The first kappa shape index (κ1) is 32.1. The van der Waals surface area contributed by atoms with Gasteiger partial charge in [-0.15, -0.1) is 11.3 Å². The Morgan fingerprint density at radius 3 is 2.47 bits per heavy atom. The molecule has 2 atom stereocenters. The average molecular weight is 660 g/mol. The summed E-state index contributed by atoms with van der Waals surface area (Å²) in [5, 5.41) is 7.36. The zero-order valence-corrected chi connectivity index (χ0v) is 24.9. The number of aromatic nitrogens is 2. The molecule has 2 aromatic carbocycles. The number of ether oxygens (including phenoxy) is 2. The molecule has 11 nitrogen and oxygen atoms in total. The number of halogens is 4. The molecule has 1 amide bonds. The number of benzene rings is 2. The van der Waals surface area contributed by atoms with Crippen molar-refractivity contribution in [2.24, 2.45) is 5.73 Å². The standard InChI is InChI=1S/C26H25ClF3N5O6S2/c1-14(31)22(41-25(37)26(28,29)30)24(36)32-12-15-5-3-6-16(11-15)13-35-17-7-4-8-18(40-2)21(17)23(33-35)34-43(38,39)20-10-9-19(27)42-20/h3-11,14,22H,12-13,31H2,1-2H3,(H,32,36)(H,33,34). The fourth-order valence-electron chi connectivity index (χ4n) is 4.06. The van der Waals surface area contributed by atoms with E-state index in [0.717, 1.165) is 11.3 Å². The highest BCUT2D eigenvalue weighted by atomic mass is 35.5.